The van der Waals surface area contributed by atoms with Gasteiger partial charge in [-0.2, -0.15) is 4.31 Å². The van der Waals surface area contributed by atoms with Crippen molar-refractivity contribution in [1.29, 1.82) is 0 Å². The number of nitrogens with zero attached hydrogens (tertiary/aromatic N) is 1. The number of carbonyl (C=O) groups is 1. The Hall–Kier alpha value is -0.620. The number of hydrogen-bond acceptors (Lipinski definition) is 3. The summed E-state index contributed by atoms with van der Waals surface area (Å²) in [6.45, 7) is 6.35. The van der Waals surface area contributed by atoms with Crippen LogP contribution in [0.2, 0.25) is 0 Å². The van der Waals surface area contributed by atoms with Crippen LogP contribution < -0.4 is 5.32 Å². The third kappa shape index (κ3) is 5.46. The highest BCUT2D eigenvalue weighted by Crippen LogP contribution is 2.02. The molecular weight excluding hydrogens is 228 g/mol. The van der Waals surface area contributed by atoms with Gasteiger partial charge < -0.3 is 5.32 Å². The molecule has 0 aromatic heterocycles. The number of amides is 1. The monoisotopic (exact) mass is 250 g/mol. The predicted molar refractivity (Wildman–Crippen MR) is 64.6 cm³/mol. The van der Waals surface area contributed by atoms with Crippen LogP contribution in [0, 0.1) is 0 Å². The minimum absolute atomic E-state index is 0.0358. The molecule has 0 unspecified atom stereocenters. The molecule has 0 fully saturated rings. The first-order valence-electron chi connectivity index (χ1n) is 5.72. The summed E-state index contributed by atoms with van der Waals surface area (Å²) in [7, 11) is -3.27. The quantitative estimate of drug-likeness (QED) is 0.685. The van der Waals surface area contributed by atoms with Gasteiger partial charge in [0.25, 0.3) is 0 Å². The second kappa shape index (κ2) is 7.62. The minimum Gasteiger partial charge on any atom is -0.355 e. The van der Waals surface area contributed by atoms with E-state index in [9.17, 15) is 13.2 Å². The van der Waals surface area contributed by atoms with Crippen LogP contribution in [0.15, 0.2) is 0 Å². The highest BCUT2D eigenvalue weighted by molar-refractivity contribution is 7.89. The van der Waals surface area contributed by atoms with Crippen LogP contribution in [0.1, 0.15) is 33.6 Å². The zero-order valence-electron chi connectivity index (χ0n) is 10.3. The molecule has 0 bridgehead atoms. The molecule has 6 heteroatoms. The summed E-state index contributed by atoms with van der Waals surface area (Å²) in [6.07, 6.45) is 1.56. The van der Waals surface area contributed by atoms with E-state index in [1.54, 1.807) is 6.92 Å². The SMILES string of the molecule is CCCNC(=O)CN(CCC)S(=O)(=O)CC. The summed E-state index contributed by atoms with van der Waals surface area (Å²) in [5.41, 5.74) is 0. The number of rotatable bonds is 8. The molecule has 0 rings (SSSR count). The van der Waals surface area contributed by atoms with E-state index in [1.807, 2.05) is 13.8 Å². The maximum Gasteiger partial charge on any atom is 0.235 e. The maximum atomic E-state index is 11.6. The summed E-state index contributed by atoms with van der Waals surface area (Å²) >= 11 is 0. The van der Waals surface area contributed by atoms with Crippen LogP contribution in [-0.2, 0) is 14.8 Å². The van der Waals surface area contributed by atoms with E-state index in [4.69, 9.17) is 0 Å². The zero-order valence-corrected chi connectivity index (χ0v) is 11.1. The molecular formula is C10H22N2O3S. The molecule has 0 atom stereocenters. The van der Waals surface area contributed by atoms with Crippen molar-refractivity contribution in [3.8, 4) is 0 Å². The fourth-order valence-corrected chi connectivity index (χ4v) is 2.37. The summed E-state index contributed by atoms with van der Waals surface area (Å²) < 4.78 is 24.5. The van der Waals surface area contributed by atoms with E-state index >= 15 is 0 Å². The van der Waals surface area contributed by atoms with Gasteiger partial charge in [0, 0.05) is 13.1 Å². The van der Waals surface area contributed by atoms with Crippen molar-refractivity contribution in [2.45, 2.75) is 33.6 Å². The summed E-state index contributed by atoms with van der Waals surface area (Å²) in [6, 6.07) is 0. The number of hydrogen-bond donors (Lipinski definition) is 1. The van der Waals surface area contributed by atoms with Gasteiger partial charge in [-0.15, -0.1) is 0 Å². The lowest BCUT2D eigenvalue weighted by atomic mass is 10.4. The largest absolute Gasteiger partial charge is 0.355 e. The van der Waals surface area contributed by atoms with Crippen molar-refractivity contribution in [1.82, 2.24) is 9.62 Å². The third-order valence-electron chi connectivity index (χ3n) is 2.12. The van der Waals surface area contributed by atoms with Gasteiger partial charge in [0.1, 0.15) is 0 Å². The average molecular weight is 250 g/mol. The van der Waals surface area contributed by atoms with E-state index in [2.05, 4.69) is 5.32 Å². The molecule has 0 saturated heterocycles. The van der Waals surface area contributed by atoms with Crippen LogP contribution in [0.3, 0.4) is 0 Å². The van der Waals surface area contributed by atoms with Gasteiger partial charge >= 0.3 is 0 Å². The van der Waals surface area contributed by atoms with Crippen molar-refractivity contribution in [3.05, 3.63) is 0 Å². The third-order valence-corrected chi connectivity index (χ3v) is 3.95. The zero-order chi connectivity index (χ0) is 12.6. The highest BCUT2D eigenvalue weighted by atomic mass is 32.2. The Kier molecular flexibility index (Phi) is 7.33. The van der Waals surface area contributed by atoms with E-state index in [-0.39, 0.29) is 18.2 Å². The number of sulfonamides is 1. The first kappa shape index (κ1) is 15.4. The van der Waals surface area contributed by atoms with Crippen LogP contribution in [0.25, 0.3) is 0 Å². The Morgan fingerprint density at radius 2 is 1.81 bits per heavy atom. The Bertz CT molecular complexity index is 301. The molecule has 96 valence electrons. The molecule has 0 aromatic rings. The van der Waals surface area contributed by atoms with Crippen molar-refractivity contribution in [2.75, 3.05) is 25.4 Å². The highest BCUT2D eigenvalue weighted by Gasteiger charge is 2.21. The summed E-state index contributed by atoms with van der Waals surface area (Å²) in [4.78, 5) is 11.4. The second-order valence-electron chi connectivity index (χ2n) is 3.58. The average Bonchev–Trinajstić information content (AvgIpc) is 2.25. The molecule has 5 nitrogen and oxygen atoms in total. The van der Waals surface area contributed by atoms with Crippen molar-refractivity contribution >= 4 is 15.9 Å². The topological polar surface area (TPSA) is 66.5 Å². The van der Waals surface area contributed by atoms with Crippen LogP contribution in [0.4, 0.5) is 0 Å². The number of nitrogens with one attached hydrogen (secondary N) is 1. The van der Waals surface area contributed by atoms with Gasteiger partial charge in [-0.1, -0.05) is 13.8 Å². The lowest BCUT2D eigenvalue weighted by Crippen LogP contribution is -2.41. The van der Waals surface area contributed by atoms with E-state index < -0.39 is 10.0 Å². The molecule has 1 N–H and O–H groups in total. The summed E-state index contributed by atoms with van der Waals surface area (Å²) in [5.74, 6) is -0.194. The van der Waals surface area contributed by atoms with E-state index in [1.165, 1.54) is 4.31 Å². The van der Waals surface area contributed by atoms with Crippen LogP contribution >= 0.6 is 0 Å². The van der Waals surface area contributed by atoms with Gasteiger partial charge in [-0.3, -0.25) is 4.79 Å². The Balaban J connectivity index is 4.40. The van der Waals surface area contributed by atoms with Gasteiger partial charge in [0.15, 0.2) is 0 Å². The summed E-state index contributed by atoms with van der Waals surface area (Å²) in [5, 5.41) is 2.67. The molecule has 0 heterocycles. The number of carbonyl (C=O) groups excluding carboxylic acids is 1. The fraction of sp³-hybridized carbons (Fsp3) is 0.900. The van der Waals surface area contributed by atoms with Crippen molar-refractivity contribution < 1.29 is 13.2 Å². The molecule has 1 amide bonds. The van der Waals surface area contributed by atoms with Crippen LogP contribution in [-0.4, -0.2) is 44.0 Å². The van der Waals surface area contributed by atoms with Crippen molar-refractivity contribution in [3.63, 3.8) is 0 Å². The second-order valence-corrected chi connectivity index (χ2v) is 5.84. The molecule has 16 heavy (non-hydrogen) atoms. The molecule has 0 saturated carbocycles. The Morgan fingerprint density at radius 3 is 2.25 bits per heavy atom. The molecule has 0 aliphatic carbocycles. The van der Waals surface area contributed by atoms with Crippen molar-refractivity contribution in [2.24, 2.45) is 0 Å². The maximum absolute atomic E-state index is 11.6. The van der Waals surface area contributed by atoms with Gasteiger partial charge in [-0.25, -0.2) is 8.42 Å². The lowest BCUT2D eigenvalue weighted by molar-refractivity contribution is -0.121. The standard InChI is InChI=1S/C10H22N2O3S/c1-4-7-11-10(13)9-12(8-5-2)16(14,15)6-3/h4-9H2,1-3H3,(H,11,13). The van der Waals surface area contributed by atoms with E-state index in [0.717, 1.165) is 6.42 Å². The molecule has 0 aliphatic heterocycles. The smallest absolute Gasteiger partial charge is 0.235 e. The van der Waals surface area contributed by atoms with Gasteiger partial charge in [-0.05, 0) is 19.8 Å². The Labute approximate surface area is 98.3 Å². The Morgan fingerprint density at radius 1 is 1.19 bits per heavy atom. The predicted octanol–water partition coefficient (Wildman–Crippen LogP) is 0.574. The molecule has 0 spiro atoms. The normalized spacial score (nSPS) is 11.8. The molecule has 0 radical (unpaired) electrons. The van der Waals surface area contributed by atoms with Gasteiger partial charge in [0.2, 0.25) is 15.9 Å². The lowest BCUT2D eigenvalue weighted by Gasteiger charge is -2.20. The molecule has 0 aliphatic rings. The first-order valence-corrected chi connectivity index (χ1v) is 7.33. The van der Waals surface area contributed by atoms with Gasteiger partial charge in [0.05, 0.1) is 12.3 Å². The van der Waals surface area contributed by atoms with Crippen LogP contribution in [0.5, 0.6) is 0 Å². The van der Waals surface area contributed by atoms with E-state index in [0.29, 0.717) is 19.5 Å². The minimum atomic E-state index is -3.27. The molecule has 0 aromatic carbocycles. The first-order chi connectivity index (χ1) is 7.47. The fourth-order valence-electron chi connectivity index (χ4n) is 1.23.